The summed E-state index contributed by atoms with van der Waals surface area (Å²) in [5.74, 6) is 3.34. The highest BCUT2D eigenvalue weighted by molar-refractivity contribution is 5.97. The molecular formula is C26H34N2O5. The average Bonchev–Trinajstić information content (AvgIpc) is 2.85. The first-order valence-corrected chi connectivity index (χ1v) is 11.5. The van der Waals surface area contributed by atoms with E-state index in [0.29, 0.717) is 17.4 Å². The first-order chi connectivity index (χ1) is 16.1. The van der Waals surface area contributed by atoms with Gasteiger partial charge in [-0.2, -0.15) is 0 Å². The van der Waals surface area contributed by atoms with Gasteiger partial charge in [0.1, 0.15) is 0 Å². The molecular weight excluding hydrogens is 420 g/mol. The Morgan fingerprint density at radius 1 is 0.879 bits per heavy atom. The topological polar surface area (TPSA) is 60.5 Å². The van der Waals surface area contributed by atoms with E-state index < -0.39 is 0 Å². The maximum Gasteiger partial charge on any atom is 0.254 e. The number of rotatable bonds is 8. The van der Waals surface area contributed by atoms with E-state index in [4.69, 9.17) is 18.9 Å². The number of benzene rings is 2. The van der Waals surface area contributed by atoms with Gasteiger partial charge in [-0.05, 0) is 67.1 Å². The van der Waals surface area contributed by atoms with Gasteiger partial charge in [0.15, 0.2) is 23.0 Å². The van der Waals surface area contributed by atoms with Crippen LogP contribution in [-0.2, 0) is 13.0 Å². The van der Waals surface area contributed by atoms with Crippen LogP contribution in [0.1, 0.15) is 34.3 Å². The lowest BCUT2D eigenvalue weighted by atomic mass is 9.93. The van der Waals surface area contributed by atoms with Crippen LogP contribution in [0.15, 0.2) is 30.3 Å². The van der Waals surface area contributed by atoms with Gasteiger partial charge in [0.05, 0.1) is 28.4 Å². The number of nitrogens with zero attached hydrogens (tertiary/aromatic N) is 2. The zero-order valence-corrected chi connectivity index (χ0v) is 20.1. The van der Waals surface area contributed by atoms with Gasteiger partial charge in [-0.3, -0.25) is 9.69 Å². The molecule has 0 N–H and O–H groups in total. The molecule has 0 aliphatic carbocycles. The molecule has 2 aliphatic heterocycles. The Hall–Kier alpha value is -2.93. The quantitative estimate of drug-likeness (QED) is 0.607. The lowest BCUT2D eigenvalue weighted by molar-refractivity contribution is 0.0656. The molecule has 2 aliphatic rings. The van der Waals surface area contributed by atoms with Crippen LogP contribution in [0.4, 0.5) is 0 Å². The molecule has 4 rings (SSSR count). The van der Waals surface area contributed by atoms with Crippen molar-refractivity contribution < 1.29 is 23.7 Å². The second-order valence-electron chi connectivity index (χ2n) is 8.80. The van der Waals surface area contributed by atoms with Crippen molar-refractivity contribution >= 4 is 5.91 Å². The predicted molar refractivity (Wildman–Crippen MR) is 127 cm³/mol. The average molecular weight is 455 g/mol. The van der Waals surface area contributed by atoms with E-state index in [1.165, 1.54) is 5.56 Å². The van der Waals surface area contributed by atoms with Gasteiger partial charge >= 0.3 is 0 Å². The Bertz CT molecular complexity index is 993. The highest BCUT2D eigenvalue weighted by Gasteiger charge is 2.30. The van der Waals surface area contributed by atoms with E-state index in [2.05, 4.69) is 17.0 Å². The lowest BCUT2D eigenvalue weighted by Crippen LogP contribution is -2.45. The molecule has 1 saturated heterocycles. The minimum absolute atomic E-state index is 0.0919. The van der Waals surface area contributed by atoms with E-state index in [-0.39, 0.29) is 5.91 Å². The number of methoxy groups -OCH3 is 4. The van der Waals surface area contributed by atoms with Crippen LogP contribution in [0.5, 0.6) is 23.0 Å². The summed E-state index contributed by atoms with van der Waals surface area (Å²) < 4.78 is 21.6. The van der Waals surface area contributed by atoms with Crippen molar-refractivity contribution in [2.24, 2.45) is 5.92 Å². The fraction of sp³-hybridized carbons (Fsp3) is 0.500. The van der Waals surface area contributed by atoms with Crippen LogP contribution < -0.4 is 18.9 Å². The van der Waals surface area contributed by atoms with Crippen molar-refractivity contribution in [1.29, 1.82) is 0 Å². The van der Waals surface area contributed by atoms with Crippen molar-refractivity contribution in [3.63, 3.8) is 0 Å². The Labute approximate surface area is 196 Å². The fourth-order valence-corrected chi connectivity index (χ4v) is 5.02. The number of likely N-dealkylation sites (tertiary alicyclic amines) is 1. The maximum atomic E-state index is 13.3. The molecule has 0 saturated carbocycles. The van der Waals surface area contributed by atoms with Crippen LogP contribution in [0, 0.1) is 5.92 Å². The fourth-order valence-electron chi connectivity index (χ4n) is 5.02. The van der Waals surface area contributed by atoms with E-state index in [1.807, 2.05) is 23.1 Å². The summed E-state index contributed by atoms with van der Waals surface area (Å²) in [6.07, 6.45) is 3.12. The van der Waals surface area contributed by atoms with Gasteiger partial charge in [0, 0.05) is 31.7 Å². The first-order valence-electron chi connectivity index (χ1n) is 11.5. The molecule has 1 atom stereocenters. The molecule has 1 fully saturated rings. The largest absolute Gasteiger partial charge is 0.493 e. The Morgan fingerprint density at radius 3 is 2.30 bits per heavy atom. The van der Waals surface area contributed by atoms with Gasteiger partial charge in [-0.15, -0.1) is 0 Å². The van der Waals surface area contributed by atoms with Crippen molar-refractivity contribution in [1.82, 2.24) is 9.80 Å². The van der Waals surface area contributed by atoms with E-state index >= 15 is 0 Å². The monoisotopic (exact) mass is 454 g/mol. The summed E-state index contributed by atoms with van der Waals surface area (Å²) in [5.41, 5.74) is 2.97. The summed E-state index contributed by atoms with van der Waals surface area (Å²) >= 11 is 0. The van der Waals surface area contributed by atoms with E-state index in [1.54, 1.807) is 28.4 Å². The summed E-state index contributed by atoms with van der Waals surface area (Å²) in [6.45, 7) is 4.45. The molecule has 178 valence electrons. The Kier molecular flexibility index (Phi) is 7.28. The van der Waals surface area contributed by atoms with Crippen LogP contribution >= 0.6 is 0 Å². The van der Waals surface area contributed by atoms with Crippen molar-refractivity contribution in [2.45, 2.75) is 25.8 Å². The highest BCUT2D eigenvalue weighted by atomic mass is 16.5. The molecule has 7 heteroatoms. The number of piperidine rings is 1. The van der Waals surface area contributed by atoms with Gasteiger partial charge in [-0.25, -0.2) is 0 Å². The molecule has 1 amide bonds. The van der Waals surface area contributed by atoms with Gasteiger partial charge in [0.25, 0.3) is 5.91 Å². The number of hydrogen-bond acceptors (Lipinski definition) is 6. The molecule has 33 heavy (non-hydrogen) atoms. The SMILES string of the molecule is COc1ccc(CN2CCCC(CN3CCc4cc(OC)c(OC)cc4C3=O)C2)cc1OC. The second kappa shape index (κ2) is 10.3. The number of amides is 1. The lowest BCUT2D eigenvalue weighted by Gasteiger charge is -2.37. The molecule has 2 heterocycles. The third kappa shape index (κ3) is 5.03. The van der Waals surface area contributed by atoms with E-state index in [9.17, 15) is 4.79 Å². The molecule has 1 unspecified atom stereocenters. The number of fused-ring (bicyclic) bond motifs is 1. The number of carbonyl (C=O) groups excluding carboxylic acids is 1. The van der Waals surface area contributed by atoms with Crippen molar-refractivity contribution in [3.05, 3.63) is 47.0 Å². The number of hydrogen-bond donors (Lipinski definition) is 0. The summed E-state index contributed by atoms with van der Waals surface area (Å²) in [7, 11) is 6.54. The van der Waals surface area contributed by atoms with Gasteiger partial charge in [-0.1, -0.05) is 6.07 Å². The summed E-state index contributed by atoms with van der Waals surface area (Å²) in [4.78, 5) is 17.7. The highest BCUT2D eigenvalue weighted by Crippen LogP contribution is 2.34. The maximum absolute atomic E-state index is 13.3. The summed E-state index contributed by atoms with van der Waals surface area (Å²) in [5, 5.41) is 0. The van der Waals surface area contributed by atoms with Crippen LogP contribution in [0.3, 0.4) is 0 Å². The standard InChI is InChI=1S/C26H34N2O5/c1-30-22-8-7-18(12-23(22)31-2)15-27-10-5-6-19(16-27)17-28-11-9-20-13-24(32-3)25(33-4)14-21(20)26(28)29/h7-8,12-14,19H,5-6,9-11,15-17H2,1-4H3. The predicted octanol–water partition coefficient (Wildman–Crippen LogP) is 3.63. The Morgan fingerprint density at radius 2 is 1.58 bits per heavy atom. The van der Waals surface area contributed by atoms with Crippen LogP contribution in [0.2, 0.25) is 0 Å². The first kappa shape index (κ1) is 23.2. The second-order valence-corrected chi connectivity index (χ2v) is 8.80. The molecule has 2 aromatic rings. The van der Waals surface area contributed by atoms with Crippen LogP contribution in [-0.4, -0.2) is 70.3 Å². The minimum Gasteiger partial charge on any atom is -0.493 e. The molecule has 0 bridgehead atoms. The van der Waals surface area contributed by atoms with Crippen molar-refractivity contribution in [2.75, 3.05) is 54.6 Å². The Balaban J connectivity index is 1.40. The summed E-state index contributed by atoms with van der Waals surface area (Å²) in [6, 6.07) is 9.87. The molecule has 7 nitrogen and oxygen atoms in total. The van der Waals surface area contributed by atoms with Gasteiger partial charge < -0.3 is 23.8 Å². The smallest absolute Gasteiger partial charge is 0.254 e. The number of ether oxygens (including phenoxy) is 4. The van der Waals surface area contributed by atoms with E-state index in [0.717, 1.165) is 74.6 Å². The minimum atomic E-state index is 0.0919. The van der Waals surface area contributed by atoms with Gasteiger partial charge in [0.2, 0.25) is 0 Å². The molecule has 0 spiro atoms. The third-order valence-corrected chi connectivity index (χ3v) is 6.71. The third-order valence-electron chi connectivity index (χ3n) is 6.71. The van der Waals surface area contributed by atoms with Crippen molar-refractivity contribution in [3.8, 4) is 23.0 Å². The zero-order valence-electron chi connectivity index (χ0n) is 20.1. The zero-order chi connectivity index (χ0) is 23.4. The number of carbonyl (C=O) groups is 1. The molecule has 0 radical (unpaired) electrons. The van der Waals surface area contributed by atoms with Crippen LogP contribution in [0.25, 0.3) is 0 Å². The molecule has 0 aromatic heterocycles. The molecule has 2 aromatic carbocycles. The normalized spacial score (nSPS) is 18.6.